The van der Waals surface area contributed by atoms with Gasteiger partial charge >= 0.3 is 17.8 Å². The lowest BCUT2D eigenvalue weighted by Crippen LogP contribution is -3.00. The average molecular weight is 621 g/mol. The predicted octanol–water partition coefficient (Wildman–Crippen LogP) is 0.903. The molecular weight excluding hydrogens is 593 g/mol. The number of likely N-dealkylation sites (N-methyl/N-ethyl adjacent to an activating group) is 1. The lowest BCUT2D eigenvalue weighted by molar-refractivity contribution is -0.870. The van der Waals surface area contributed by atoms with Crippen molar-refractivity contribution in [2.24, 2.45) is 0 Å². The molecule has 0 unspecified atom stereocenters. The molecule has 212 valence electrons. The standard InChI is InChI=1S/C27H27F3N6O3.BrH/c1-16-22(24(37)39-5)23(21-10-9-17(15-31)13-18(21)11-12-36(2,3)4)35-25(32-33-26(35)38)34(16)20-8-6-7-19(14-20)27(28,29)30;/h6-10,13-14,23H,11-12H2,1-5H3;1H/t23-;/m1./s1. The minimum Gasteiger partial charge on any atom is -1.00 e. The van der Waals surface area contributed by atoms with E-state index in [0.29, 0.717) is 28.6 Å². The molecule has 1 aliphatic rings. The van der Waals surface area contributed by atoms with Gasteiger partial charge in [0.2, 0.25) is 5.95 Å². The molecule has 1 atom stereocenters. The smallest absolute Gasteiger partial charge is 0.416 e. The summed E-state index contributed by atoms with van der Waals surface area (Å²) in [6, 6.07) is 10.7. The molecule has 0 aliphatic carbocycles. The molecule has 3 aromatic rings. The third-order valence-corrected chi connectivity index (χ3v) is 6.60. The van der Waals surface area contributed by atoms with E-state index < -0.39 is 29.4 Å². The Kier molecular flexibility index (Phi) is 8.66. The van der Waals surface area contributed by atoms with Crippen LogP contribution in [0.25, 0.3) is 0 Å². The van der Waals surface area contributed by atoms with Gasteiger partial charge in [-0.25, -0.2) is 19.3 Å². The Labute approximate surface area is 239 Å². The van der Waals surface area contributed by atoms with E-state index in [1.54, 1.807) is 25.1 Å². The van der Waals surface area contributed by atoms with Crippen molar-refractivity contribution < 1.29 is 44.2 Å². The first-order valence-electron chi connectivity index (χ1n) is 12.0. The van der Waals surface area contributed by atoms with Crippen LogP contribution in [0.2, 0.25) is 0 Å². The van der Waals surface area contributed by atoms with Gasteiger partial charge in [0.05, 0.1) is 57.6 Å². The number of aromatic nitrogens is 3. The van der Waals surface area contributed by atoms with E-state index in [1.807, 2.05) is 21.1 Å². The number of carbonyl (C=O) groups is 1. The number of H-pyrrole nitrogens is 1. The highest BCUT2D eigenvalue weighted by molar-refractivity contribution is 5.93. The number of allylic oxidation sites excluding steroid dienone is 1. The molecule has 0 saturated heterocycles. The summed E-state index contributed by atoms with van der Waals surface area (Å²) in [7, 11) is 7.25. The number of halogens is 4. The first kappa shape index (κ1) is 30.6. The van der Waals surface area contributed by atoms with Crippen molar-refractivity contribution in [2.75, 3.05) is 39.7 Å². The number of fused-ring (bicyclic) bond motifs is 1. The number of nitrogens with one attached hydrogen (secondary N) is 1. The Bertz CT molecular complexity index is 1560. The van der Waals surface area contributed by atoms with Crippen molar-refractivity contribution in [1.29, 1.82) is 5.26 Å². The highest BCUT2D eigenvalue weighted by Crippen LogP contribution is 2.43. The lowest BCUT2D eigenvalue weighted by atomic mass is 9.89. The molecule has 1 aromatic heterocycles. The van der Waals surface area contributed by atoms with E-state index in [0.717, 1.165) is 17.7 Å². The van der Waals surface area contributed by atoms with Gasteiger partial charge in [-0.15, -0.1) is 5.10 Å². The zero-order valence-electron chi connectivity index (χ0n) is 22.5. The van der Waals surface area contributed by atoms with Crippen LogP contribution in [0.3, 0.4) is 0 Å². The lowest BCUT2D eigenvalue weighted by Gasteiger charge is -2.36. The number of methoxy groups -OCH3 is 1. The quantitative estimate of drug-likeness (QED) is 0.324. The molecule has 0 amide bonds. The van der Waals surface area contributed by atoms with Crippen molar-refractivity contribution in [2.45, 2.75) is 25.6 Å². The van der Waals surface area contributed by atoms with Crippen molar-refractivity contribution in [3.63, 3.8) is 0 Å². The van der Waals surface area contributed by atoms with Gasteiger partial charge in [-0.1, -0.05) is 12.1 Å². The number of anilines is 2. The maximum Gasteiger partial charge on any atom is 0.416 e. The van der Waals surface area contributed by atoms with Crippen LogP contribution in [-0.2, 0) is 22.1 Å². The van der Waals surface area contributed by atoms with Crippen molar-refractivity contribution in [3.8, 4) is 6.07 Å². The second-order valence-electron chi connectivity index (χ2n) is 10.3. The molecule has 2 heterocycles. The van der Waals surface area contributed by atoms with Crippen LogP contribution < -0.4 is 27.6 Å². The van der Waals surface area contributed by atoms with E-state index in [-0.39, 0.29) is 39.9 Å². The number of ether oxygens (including phenoxy) is 1. The number of rotatable bonds is 6. The third-order valence-electron chi connectivity index (χ3n) is 6.60. The fourth-order valence-corrected chi connectivity index (χ4v) is 4.69. The fourth-order valence-electron chi connectivity index (χ4n) is 4.69. The first-order valence-corrected chi connectivity index (χ1v) is 12.0. The summed E-state index contributed by atoms with van der Waals surface area (Å²) < 4.78 is 47.6. The summed E-state index contributed by atoms with van der Waals surface area (Å²) >= 11 is 0. The van der Waals surface area contributed by atoms with Crippen molar-refractivity contribution >= 4 is 17.6 Å². The molecule has 0 radical (unpaired) electrons. The monoisotopic (exact) mass is 620 g/mol. The summed E-state index contributed by atoms with van der Waals surface area (Å²) in [4.78, 5) is 27.8. The molecule has 0 fully saturated rings. The largest absolute Gasteiger partial charge is 1.00 e. The molecule has 1 aliphatic heterocycles. The Morgan fingerprint density at radius 1 is 1.20 bits per heavy atom. The number of hydrogen-bond donors (Lipinski definition) is 1. The summed E-state index contributed by atoms with van der Waals surface area (Å²) in [5.41, 5.74) is 0.547. The van der Waals surface area contributed by atoms with Crippen LogP contribution in [0.4, 0.5) is 24.8 Å². The molecule has 0 spiro atoms. The second kappa shape index (κ2) is 11.3. The molecule has 13 heteroatoms. The van der Waals surface area contributed by atoms with Crippen molar-refractivity contribution in [1.82, 2.24) is 14.8 Å². The summed E-state index contributed by atoms with van der Waals surface area (Å²) in [6.07, 6.45) is -4.08. The Morgan fingerprint density at radius 3 is 2.50 bits per heavy atom. The number of esters is 1. The fraction of sp³-hybridized carbons (Fsp3) is 0.333. The van der Waals surface area contributed by atoms with Gasteiger partial charge in [0, 0.05) is 17.8 Å². The zero-order chi connectivity index (χ0) is 28.7. The number of quaternary nitrogens is 1. The van der Waals surface area contributed by atoms with Crippen LogP contribution in [0, 0.1) is 11.3 Å². The summed E-state index contributed by atoms with van der Waals surface area (Å²) in [5, 5.41) is 16.0. The molecule has 0 bridgehead atoms. The molecule has 0 saturated carbocycles. The van der Waals surface area contributed by atoms with E-state index in [4.69, 9.17) is 4.74 Å². The predicted molar refractivity (Wildman–Crippen MR) is 137 cm³/mol. The van der Waals surface area contributed by atoms with Gasteiger partial charge < -0.3 is 26.2 Å². The van der Waals surface area contributed by atoms with Gasteiger partial charge in [0.25, 0.3) is 0 Å². The highest BCUT2D eigenvalue weighted by atomic mass is 79.9. The maximum atomic E-state index is 13.5. The van der Waals surface area contributed by atoms with Gasteiger partial charge in [-0.3, -0.25) is 4.90 Å². The Hall–Kier alpha value is -3.89. The topological polar surface area (TPSA) is 104 Å². The molecule has 1 N–H and O–H groups in total. The zero-order valence-corrected chi connectivity index (χ0v) is 24.1. The summed E-state index contributed by atoms with van der Waals surface area (Å²) in [6.45, 7) is 2.26. The number of nitriles is 1. The average Bonchev–Trinajstić information content (AvgIpc) is 3.26. The maximum absolute atomic E-state index is 13.5. The van der Waals surface area contributed by atoms with E-state index in [2.05, 4.69) is 16.3 Å². The van der Waals surface area contributed by atoms with Gasteiger partial charge in [-0.05, 0) is 48.4 Å². The Balaban J connectivity index is 0.00000441. The number of nitrogens with zero attached hydrogens (tertiary/aromatic N) is 5. The van der Waals surface area contributed by atoms with E-state index >= 15 is 0 Å². The van der Waals surface area contributed by atoms with Crippen LogP contribution in [0.1, 0.15) is 35.2 Å². The third kappa shape index (κ3) is 5.83. The minimum atomic E-state index is -4.61. The SMILES string of the molecule is COC(=O)C1=C(C)N(c2cccc(C(F)(F)F)c2)c2n[nH]c(=O)n2[C@@H]1c1ccc(C#N)cc1CC[N+](C)(C)C.[Br-]. The van der Waals surface area contributed by atoms with Gasteiger partial charge in [-0.2, -0.15) is 18.4 Å². The molecule has 2 aromatic carbocycles. The molecule has 4 rings (SSSR count). The number of carbonyl (C=O) groups excluding carboxylic acids is 1. The van der Waals surface area contributed by atoms with Crippen LogP contribution in [0.5, 0.6) is 0 Å². The van der Waals surface area contributed by atoms with Crippen LogP contribution >= 0.6 is 0 Å². The van der Waals surface area contributed by atoms with Crippen LogP contribution in [0.15, 0.2) is 58.5 Å². The van der Waals surface area contributed by atoms with Gasteiger partial charge in [0.1, 0.15) is 6.04 Å². The van der Waals surface area contributed by atoms with Gasteiger partial charge in [0.15, 0.2) is 0 Å². The summed E-state index contributed by atoms with van der Waals surface area (Å²) in [5.74, 6) is -0.744. The normalized spacial score (nSPS) is 15.3. The highest BCUT2D eigenvalue weighted by Gasteiger charge is 2.41. The second-order valence-corrected chi connectivity index (χ2v) is 10.3. The molecular formula is C27H28BrF3N6O3. The minimum absolute atomic E-state index is 0. The van der Waals surface area contributed by atoms with Crippen LogP contribution in [-0.4, -0.2) is 60.0 Å². The Morgan fingerprint density at radius 2 is 1.90 bits per heavy atom. The van der Waals surface area contributed by atoms with E-state index in [9.17, 15) is 28.0 Å². The number of aromatic amines is 1. The molecule has 40 heavy (non-hydrogen) atoms. The number of benzene rings is 2. The van der Waals surface area contributed by atoms with Crippen molar-refractivity contribution in [3.05, 3.63) is 86.5 Å². The number of hydrogen-bond acceptors (Lipinski definition) is 6. The van der Waals surface area contributed by atoms with E-state index in [1.165, 1.54) is 28.7 Å². The first-order chi connectivity index (χ1) is 18.3. The number of alkyl halides is 3. The molecule has 9 nitrogen and oxygen atoms in total.